The number of carbonyl (C=O) groups is 1. The van der Waals surface area contributed by atoms with Crippen LogP contribution < -0.4 is 14.9 Å². The molecule has 3 aromatic rings. The SMILES string of the molecule is CC(C(=O)NCc1ccc(C(F)(F)F)nc1N1CCC(c2ccccc2)CC1)c1ccc(CNS(C)(=O)=O)c(F)c1. The van der Waals surface area contributed by atoms with Crippen molar-refractivity contribution in [2.24, 2.45) is 0 Å². The van der Waals surface area contributed by atoms with Crippen molar-refractivity contribution >= 4 is 21.7 Å². The molecule has 1 fully saturated rings. The summed E-state index contributed by atoms with van der Waals surface area (Å²) in [4.78, 5) is 18.7. The highest BCUT2D eigenvalue weighted by atomic mass is 32.2. The third-order valence-electron chi connectivity index (χ3n) is 7.26. The van der Waals surface area contributed by atoms with Gasteiger partial charge in [-0.05, 0) is 48.9 Å². The van der Waals surface area contributed by atoms with Crippen molar-refractivity contribution in [1.82, 2.24) is 15.0 Å². The van der Waals surface area contributed by atoms with Gasteiger partial charge in [0.15, 0.2) is 0 Å². The number of amides is 1. The molecule has 41 heavy (non-hydrogen) atoms. The van der Waals surface area contributed by atoms with E-state index in [1.165, 1.54) is 29.8 Å². The van der Waals surface area contributed by atoms with Gasteiger partial charge in [-0.25, -0.2) is 22.5 Å². The predicted molar refractivity (Wildman–Crippen MR) is 148 cm³/mol. The first-order chi connectivity index (χ1) is 19.3. The van der Waals surface area contributed by atoms with Crippen molar-refractivity contribution in [2.75, 3.05) is 24.2 Å². The van der Waals surface area contributed by atoms with E-state index in [1.54, 1.807) is 6.92 Å². The zero-order valence-electron chi connectivity index (χ0n) is 22.7. The average Bonchev–Trinajstić information content (AvgIpc) is 2.94. The third-order valence-corrected chi connectivity index (χ3v) is 7.93. The number of benzene rings is 2. The van der Waals surface area contributed by atoms with E-state index in [4.69, 9.17) is 0 Å². The quantitative estimate of drug-likeness (QED) is 0.338. The van der Waals surface area contributed by atoms with E-state index >= 15 is 0 Å². The van der Waals surface area contributed by atoms with Gasteiger partial charge in [-0.3, -0.25) is 4.79 Å². The lowest BCUT2D eigenvalue weighted by Crippen LogP contribution is -2.35. The number of halogens is 4. The first-order valence-electron chi connectivity index (χ1n) is 13.2. The van der Waals surface area contributed by atoms with Crippen molar-refractivity contribution in [3.05, 3.63) is 94.4 Å². The van der Waals surface area contributed by atoms with Gasteiger partial charge in [-0.1, -0.05) is 48.5 Å². The van der Waals surface area contributed by atoms with Crippen molar-refractivity contribution < 1.29 is 30.8 Å². The second-order valence-electron chi connectivity index (χ2n) is 10.2. The number of aromatic nitrogens is 1. The van der Waals surface area contributed by atoms with Crippen molar-refractivity contribution in [2.45, 2.75) is 50.9 Å². The van der Waals surface area contributed by atoms with E-state index in [2.05, 4.69) is 27.2 Å². The minimum absolute atomic E-state index is 0.0545. The monoisotopic (exact) mass is 592 g/mol. The number of hydrogen-bond donors (Lipinski definition) is 2. The number of alkyl halides is 3. The summed E-state index contributed by atoms with van der Waals surface area (Å²) in [6, 6.07) is 16.3. The number of carbonyl (C=O) groups excluding carboxylic acids is 1. The molecule has 2 aromatic carbocycles. The summed E-state index contributed by atoms with van der Waals surface area (Å²) < 4.78 is 79.9. The molecule has 0 bridgehead atoms. The topological polar surface area (TPSA) is 91.4 Å². The number of nitrogens with one attached hydrogen (secondary N) is 2. The first kappa shape index (κ1) is 30.4. The van der Waals surface area contributed by atoms with Crippen LogP contribution in [0.3, 0.4) is 0 Å². The van der Waals surface area contributed by atoms with Gasteiger partial charge in [0.2, 0.25) is 15.9 Å². The molecular weight excluding hydrogens is 560 g/mol. The van der Waals surface area contributed by atoms with Crippen LogP contribution in [-0.2, 0) is 34.1 Å². The minimum Gasteiger partial charge on any atom is -0.356 e. The number of anilines is 1. The van der Waals surface area contributed by atoms with Crippen LogP contribution in [0.2, 0.25) is 0 Å². The van der Waals surface area contributed by atoms with Crippen LogP contribution in [0.15, 0.2) is 60.7 Å². The van der Waals surface area contributed by atoms with E-state index in [9.17, 15) is 30.8 Å². The highest BCUT2D eigenvalue weighted by molar-refractivity contribution is 7.88. The number of sulfonamides is 1. The Kier molecular flexibility index (Phi) is 9.33. The molecular formula is C29H32F4N4O3S. The lowest BCUT2D eigenvalue weighted by molar-refractivity contribution is -0.141. The summed E-state index contributed by atoms with van der Waals surface area (Å²) in [6.45, 7) is 2.34. The number of rotatable bonds is 9. The molecule has 2 heterocycles. The second kappa shape index (κ2) is 12.6. The Morgan fingerprint density at radius 1 is 1.02 bits per heavy atom. The van der Waals surface area contributed by atoms with Crippen molar-refractivity contribution in [3.8, 4) is 0 Å². The smallest absolute Gasteiger partial charge is 0.356 e. The van der Waals surface area contributed by atoms with Crippen molar-refractivity contribution in [3.63, 3.8) is 0 Å². The van der Waals surface area contributed by atoms with Crippen LogP contribution in [0, 0.1) is 5.82 Å². The summed E-state index contributed by atoms with van der Waals surface area (Å²) >= 11 is 0. The first-order valence-corrected chi connectivity index (χ1v) is 15.1. The highest BCUT2D eigenvalue weighted by Gasteiger charge is 2.34. The summed E-state index contributed by atoms with van der Waals surface area (Å²) in [7, 11) is -3.50. The fourth-order valence-corrected chi connectivity index (χ4v) is 5.29. The Labute approximate surface area is 237 Å². The largest absolute Gasteiger partial charge is 0.433 e. The maximum absolute atomic E-state index is 14.6. The van der Waals surface area contributed by atoms with Gasteiger partial charge in [0, 0.05) is 37.3 Å². The second-order valence-corrected chi connectivity index (χ2v) is 12.1. The molecule has 1 aromatic heterocycles. The molecule has 12 heteroatoms. The van der Waals surface area contributed by atoms with Gasteiger partial charge in [0.1, 0.15) is 17.3 Å². The van der Waals surface area contributed by atoms with Gasteiger partial charge in [0.05, 0.1) is 12.2 Å². The molecule has 1 amide bonds. The molecule has 1 aliphatic heterocycles. The van der Waals surface area contributed by atoms with Gasteiger partial charge < -0.3 is 10.2 Å². The summed E-state index contributed by atoms with van der Waals surface area (Å²) in [5.41, 5.74) is 1.15. The predicted octanol–water partition coefficient (Wildman–Crippen LogP) is 5.09. The number of hydrogen-bond acceptors (Lipinski definition) is 5. The molecule has 1 saturated heterocycles. The van der Waals surface area contributed by atoms with Crippen LogP contribution in [0.4, 0.5) is 23.4 Å². The molecule has 220 valence electrons. The summed E-state index contributed by atoms with van der Waals surface area (Å²) in [5, 5.41) is 2.75. The Morgan fingerprint density at radius 2 is 1.68 bits per heavy atom. The van der Waals surface area contributed by atoms with E-state index in [0.29, 0.717) is 30.1 Å². The maximum atomic E-state index is 14.6. The lowest BCUT2D eigenvalue weighted by Gasteiger charge is -2.34. The number of piperidine rings is 1. The van der Waals surface area contributed by atoms with Gasteiger partial charge in [0.25, 0.3) is 0 Å². The molecule has 4 rings (SSSR count). The van der Waals surface area contributed by atoms with E-state index in [-0.39, 0.29) is 24.5 Å². The minimum atomic E-state index is -4.61. The zero-order valence-corrected chi connectivity index (χ0v) is 23.5. The van der Waals surface area contributed by atoms with E-state index in [0.717, 1.165) is 25.2 Å². The Hall–Kier alpha value is -3.51. The van der Waals surface area contributed by atoms with Gasteiger partial charge in [-0.15, -0.1) is 0 Å². The molecule has 2 N–H and O–H groups in total. The van der Waals surface area contributed by atoms with Crippen LogP contribution in [-0.4, -0.2) is 38.7 Å². The van der Waals surface area contributed by atoms with E-state index in [1.807, 2.05) is 23.1 Å². The van der Waals surface area contributed by atoms with Crippen LogP contribution >= 0.6 is 0 Å². The fraction of sp³-hybridized carbons (Fsp3) is 0.379. The Bertz CT molecular complexity index is 1480. The molecule has 1 aliphatic rings. The molecule has 0 aliphatic carbocycles. The molecule has 0 spiro atoms. The summed E-state index contributed by atoms with van der Waals surface area (Å²) in [6.07, 6.45) is -2.13. The molecule has 1 unspecified atom stereocenters. The molecule has 0 radical (unpaired) electrons. The normalized spacial score (nSPS) is 15.5. The van der Waals surface area contributed by atoms with Crippen LogP contribution in [0.1, 0.15) is 59.5 Å². The lowest BCUT2D eigenvalue weighted by atomic mass is 9.89. The third kappa shape index (κ3) is 8.04. The Balaban J connectivity index is 1.46. The standard InChI is InChI=1S/C29H32F4N4O3S/c1-19(22-8-9-23(25(30)16-22)18-35-41(2,39)40)28(38)34-17-24-10-11-26(29(31,32)33)36-27(24)37-14-12-21(13-15-37)20-6-4-3-5-7-20/h3-11,16,19,21,35H,12-15,17-18H2,1-2H3,(H,34,38). The number of nitrogens with zero attached hydrogens (tertiary/aromatic N) is 2. The molecule has 7 nitrogen and oxygen atoms in total. The van der Waals surface area contributed by atoms with Crippen LogP contribution in [0.25, 0.3) is 0 Å². The molecule has 0 saturated carbocycles. The maximum Gasteiger partial charge on any atom is 0.433 e. The van der Waals surface area contributed by atoms with Crippen LogP contribution in [0.5, 0.6) is 0 Å². The zero-order chi connectivity index (χ0) is 29.8. The number of pyridine rings is 1. The summed E-state index contributed by atoms with van der Waals surface area (Å²) in [5.74, 6) is -1.38. The Morgan fingerprint density at radius 3 is 2.29 bits per heavy atom. The average molecular weight is 593 g/mol. The van der Waals surface area contributed by atoms with Gasteiger partial charge >= 0.3 is 6.18 Å². The van der Waals surface area contributed by atoms with Gasteiger partial charge in [-0.2, -0.15) is 13.2 Å². The van der Waals surface area contributed by atoms with Crippen molar-refractivity contribution in [1.29, 1.82) is 0 Å². The molecule has 1 atom stereocenters. The van der Waals surface area contributed by atoms with E-state index < -0.39 is 39.5 Å². The highest BCUT2D eigenvalue weighted by Crippen LogP contribution is 2.34. The fourth-order valence-electron chi connectivity index (χ4n) is 4.87.